The molecule has 8 heteroatoms. The second-order valence-corrected chi connectivity index (χ2v) is 6.97. The van der Waals surface area contributed by atoms with Gasteiger partial charge in [0.15, 0.2) is 9.84 Å². The van der Waals surface area contributed by atoms with Crippen LogP contribution in [0.1, 0.15) is 5.01 Å². The minimum atomic E-state index is -3.20. The third-order valence-electron chi connectivity index (χ3n) is 1.86. The van der Waals surface area contributed by atoms with Crippen LogP contribution in [0.3, 0.4) is 0 Å². The highest BCUT2D eigenvalue weighted by molar-refractivity contribution is 7.90. The van der Waals surface area contributed by atoms with Crippen molar-refractivity contribution in [2.45, 2.75) is 11.4 Å². The normalized spacial score (nSPS) is 11.9. The van der Waals surface area contributed by atoms with Crippen LogP contribution in [-0.2, 0) is 16.4 Å². The zero-order valence-electron chi connectivity index (χ0n) is 8.29. The van der Waals surface area contributed by atoms with Gasteiger partial charge < -0.3 is 0 Å². The highest BCUT2D eigenvalue weighted by atomic mass is 35.5. The fraction of sp³-hybridized carbons (Fsp3) is 0.250. The molecule has 0 radical (unpaired) electrons. The van der Waals surface area contributed by atoms with Gasteiger partial charge in [-0.15, -0.1) is 11.3 Å². The Bertz CT molecular complexity index is 602. The summed E-state index contributed by atoms with van der Waals surface area (Å²) in [6.45, 7) is 0.424. The molecule has 2 heterocycles. The van der Waals surface area contributed by atoms with Crippen LogP contribution >= 0.6 is 22.9 Å². The SMILES string of the molecule is CS(=O)(=O)c1cnn(Cc2ncc(Cl)s2)c1. The van der Waals surface area contributed by atoms with E-state index >= 15 is 0 Å². The second-order valence-electron chi connectivity index (χ2n) is 3.20. The maximum atomic E-state index is 11.2. The first-order valence-electron chi connectivity index (χ1n) is 4.28. The Morgan fingerprint density at radius 2 is 2.25 bits per heavy atom. The molecule has 0 aromatic carbocycles. The molecule has 0 spiro atoms. The van der Waals surface area contributed by atoms with Gasteiger partial charge in [0.25, 0.3) is 0 Å². The lowest BCUT2D eigenvalue weighted by Gasteiger charge is -1.95. The summed E-state index contributed by atoms with van der Waals surface area (Å²) in [5.41, 5.74) is 0. The van der Waals surface area contributed by atoms with Crippen molar-refractivity contribution < 1.29 is 8.42 Å². The maximum Gasteiger partial charge on any atom is 0.178 e. The third kappa shape index (κ3) is 2.60. The van der Waals surface area contributed by atoms with Gasteiger partial charge in [0, 0.05) is 12.5 Å². The predicted molar refractivity (Wildman–Crippen MR) is 61.6 cm³/mol. The Kier molecular flexibility index (Phi) is 3.00. The van der Waals surface area contributed by atoms with E-state index < -0.39 is 9.84 Å². The minimum Gasteiger partial charge on any atom is -0.265 e. The third-order valence-corrected chi connectivity index (χ3v) is 4.03. The van der Waals surface area contributed by atoms with Crippen molar-refractivity contribution in [3.63, 3.8) is 0 Å². The van der Waals surface area contributed by atoms with Crippen molar-refractivity contribution in [1.82, 2.24) is 14.8 Å². The van der Waals surface area contributed by atoms with Crippen LogP contribution < -0.4 is 0 Å². The average molecular weight is 278 g/mol. The molecule has 0 saturated heterocycles. The monoisotopic (exact) mass is 277 g/mol. The van der Waals surface area contributed by atoms with Gasteiger partial charge in [0.05, 0.1) is 18.9 Å². The average Bonchev–Trinajstić information content (AvgIpc) is 2.74. The largest absolute Gasteiger partial charge is 0.265 e. The Balaban J connectivity index is 2.21. The second kappa shape index (κ2) is 4.15. The number of aromatic nitrogens is 3. The molecule has 2 aromatic heterocycles. The smallest absolute Gasteiger partial charge is 0.178 e. The highest BCUT2D eigenvalue weighted by Crippen LogP contribution is 2.19. The summed E-state index contributed by atoms with van der Waals surface area (Å²) in [5, 5.41) is 4.73. The predicted octanol–water partition coefficient (Wildman–Crippen LogP) is 1.44. The summed E-state index contributed by atoms with van der Waals surface area (Å²) in [4.78, 5) is 4.26. The number of halogens is 1. The van der Waals surface area contributed by atoms with Crippen LogP contribution in [0.2, 0.25) is 4.34 Å². The van der Waals surface area contributed by atoms with Crippen molar-refractivity contribution >= 4 is 32.8 Å². The summed E-state index contributed by atoms with van der Waals surface area (Å²) in [6, 6.07) is 0. The summed E-state index contributed by atoms with van der Waals surface area (Å²) < 4.78 is 24.6. The molecular formula is C8H8ClN3O2S2. The zero-order chi connectivity index (χ0) is 11.8. The first-order chi connectivity index (χ1) is 7.45. The molecule has 0 amide bonds. The lowest BCUT2D eigenvalue weighted by Crippen LogP contribution is -1.99. The number of hydrogen-bond donors (Lipinski definition) is 0. The number of nitrogens with zero attached hydrogens (tertiary/aromatic N) is 3. The fourth-order valence-corrected chi connectivity index (χ4v) is 2.62. The van der Waals surface area contributed by atoms with E-state index in [2.05, 4.69) is 10.1 Å². The Hall–Kier alpha value is -0.920. The molecule has 0 N–H and O–H groups in total. The van der Waals surface area contributed by atoms with Gasteiger partial charge in [-0.1, -0.05) is 11.6 Å². The Labute approximate surface area is 102 Å². The Morgan fingerprint density at radius 3 is 2.75 bits per heavy atom. The quantitative estimate of drug-likeness (QED) is 0.852. The zero-order valence-corrected chi connectivity index (χ0v) is 10.7. The van der Waals surface area contributed by atoms with Gasteiger partial charge in [-0.05, 0) is 0 Å². The number of thiazole rings is 1. The van der Waals surface area contributed by atoms with E-state index in [0.717, 1.165) is 11.3 Å². The van der Waals surface area contributed by atoms with Gasteiger partial charge in [-0.25, -0.2) is 13.4 Å². The van der Waals surface area contributed by atoms with Crippen LogP contribution in [0.25, 0.3) is 0 Å². The van der Waals surface area contributed by atoms with E-state index in [1.54, 1.807) is 6.20 Å². The summed E-state index contributed by atoms with van der Waals surface area (Å²) in [5.74, 6) is 0. The molecule has 0 fully saturated rings. The summed E-state index contributed by atoms with van der Waals surface area (Å²) >= 11 is 7.08. The number of hydrogen-bond acceptors (Lipinski definition) is 5. The van der Waals surface area contributed by atoms with Crippen LogP contribution in [0.15, 0.2) is 23.5 Å². The molecule has 5 nitrogen and oxygen atoms in total. The molecule has 2 rings (SSSR count). The fourth-order valence-electron chi connectivity index (χ4n) is 1.12. The minimum absolute atomic E-state index is 0.204. The first-order valence-corrected chi connectivity index (χ1v) is 7.36. The van der Waals surface area contributed by atoms with E-state index in [1.807, 2.05) is 0 Å². The van der Waals surface area contributed by atoms with Gasteiger partial charge >= 0.3 is 0 Å². The standard InChI is InChI=1S/C8H8ClN3O2S2/c1-16(13,14)6-2-11-12(4-6)5-8-10-3-7(9)15-8/h2-4H,5H2,1H3. The molecule has 0 unspecified atom stereocenters. The van der Waals surface area contributed by atoms with Crippen LogP contribution in [0.4, 0.5) is 0 Å². The van der Waals surface area contributed by atoms with Crippen LogP contribution in [-0.4, -0.2) is 29.4 Å². The lowest BCUT2D eigenvalue weighted by molar-refractivity contribution is 0.601. The van der Waals surface area contributed by atoms with Crippen molar-refractivity contribution in [2.24, 2.45) is 0 Å². The Morgan fingerprint density at radius 1 is 1.50 bits per heavy atom. The van der Waals surface area contributed by atoms with Crippen molar-refractivity contribution in [2.75, 3.05) is 6.26 Å². The molecule has 0 aliphatic heterocycles. The van der Waals surface area contributed by atoms with Gasteiger partial charge in [-0.3, -0.25) is 4.68 Å². The van der Waals surface area contributed by atoms with Gasteiger partial charge in [0.2, 0.25) is 0 Å². The van der Waals surface area contributed by atoms with Crippen molar-refractivity contribution in [3.05, 3.63) is 27.9 Å². The maximum absolute atomic E-state index is 11.2. The summed E-state index contributed by atoms with van der Waals surface area (Å²) in [7, 11) is -3.20. The molecule has 0 saturated carbocycles. The van der Waals surface area contributed by atoms with Gasteiger partial charge in [-0.2, -0.15) is 5.10 Å². The molecule has 86 valence electrons. The van der Waals surface area contributed by atoms with Crippen molar-refractivity contribution in [1.29, 1.82) is 0 Å². The molecule has 0 atom stereocenters. The summed E-state index contributed by atoms with van der Waals surface area (Å²) in [6.07, 6.45) is 5.51. The van der Waals surface area contributed by atoms with Crippen molar-refractivity contribution in [3.8, 4) is 0 Å². The topological polar surface area (TPSA) is 64.8 Å². The molecule has 0 bridgehead atoms. The highest BCUT2D eigenvalue weighted by Gasteiger charge is 2.10. The van der Waals surface area contributed by atoms with E-state index in [1.165, 1.54) is 28.4 Å². The molecule has 0 aliphatic rings. The first kappa shape index (κ1) is 11.6. The van der Waals surface area contributed by atoms with Gasteiger partial charge in [0.1, 0.15) is 14.2 Å². The van der Waals surface area contributed by atoms with E-state index in [0.29, 0.717) is 10.9 Å². The van der Waals surface area contributed by atoms with E-state index in [-0.39, 0.29) is 4.90 Å². The van der Waals surface area contributed by atoms with Crippen LogP contribution in [0.5, 0.6) is 0 Å². The number of sulfone groups is 1. The van der Waals surface area contributed by atoms with Crippen LogP contribution in [0, 0.1) is 0 Å². The molecule has 0 aliphatic carbocycles. The van der Waals surface area contributed by atoms with E-state index in [9.17, 15) is 8.42 Å². The molecular weight excluding hydrogens is 270 g/mol. The van der Waals surface area contributed by atoms with E-state index in [4.69, 9.17) is 11.6 Å². The molecule has 2 aromatic rings. The molecule has 16 heavy (non-hydrogen) atoms. The lowest BCUT2D eigenvalue weighted by atomic mass is 10.6. The number of rotatable bonds is 3.